The molecule has 3 heteroatoms. The number of hydrogen-bond donors (Lipinski definition) is 0. The van der Waals surface area contributed by atoms with Crippen molar-refractivity contribution in [3.63, 3.8) is 0 Å². The predicted octanol–water partition coefficient (Wildman–Crippen LogP) is 3.00. The average molecular weight is 242 g/mol. The molecule has 0 aliphatic carbocycles. The van der Waals surface area contributed by atoms with Crippen LogP contribution >= 0.6 is 0 Å². The van der Waals surface area contributed by atoms with Crippen LogP contribution in [-0.2, 0) is 13.0 Å². The van der Waals surface area contributed by atoms with Crippen LogP contribution in [-0.4, -0.2) is 15.8 Å². The molecule has 0 spiro atoms. The number of carbonyl (C=O) groups excluding carboxylic acids is 1. The first-order valence-corrected chi connectivity index (χ1v) is 6.29. The second-order valence-electron chi connectivity index (χ2n) is 4.52. The number of benzene rings is 1. The lowest BCUT2D eigenvalue weighted by Gasteiger charge is -2.09. The van der Waals surface area contributed by atoms with Crippen LogP contribution in [0.15, 0.2) is 30.6 Å². The summed E-state index contributed by atoms with van der Waals surface area (Å²) < 4.78 is 2.17. The van der Waals surface area contributed by atoms with Gasteiger partial charge in [0, 0.05) is 30.9 Å². The van der Waals surface area contributed by atoms with Crippen LogP contribution < -0.4 is 0 Å². The van der Waals surface area contributed by atoms with Gasteiger partial charge < -0.3 is 4.57 Å². The van der Waals surface area contributed by atoms with Crippen molar-refractivity contribution in [2.75, 3.05) is 0 Å². The van der Waals surface area contributed by atoms with Gasteiger partial charge in [-0.3, -0.25) is 4.79 Å². The Hall–Kier alpha value is -1.90. The van der Waals surface area contributed by atoms with Crippen molar-refractivity contribution < 1.29 is 4.79 Å². The Labute approximate surface area is 107 Å². The van der Waals surface area contributed by atoms with Crippen molar-refractivity contribution >= 4 is 6.29 Å². The maximum absolute atomic E-state index is 10.8. The van der Waals surface area contributed by atoms with Crippen LogP contribution in [0.5, 0.6) is 0 Å². The monoisotopic (exact) mass is 242 g/mol. The van der Waals surface area contributed by atoms with Crippen molar-refractivity contribution in [3.8, 4) is 0 Å². The van der Waals surface area contributed by atoms with E-state index in [0.717, 1.165) is 37.1 Å². The first-order valence-electron chi connectivity index (χ1n) is 6.29. The molecule has 1 heterocycles. The molecule has 3 nitrogen and oxygen atoms in total. The highest BCUT2D eigenvalue weighted by molar-refractivity contribution is 5.75. The molecule has 1 aromatic carbocycles. The normalized spacial score (nSPS) is 10.6. The summed E-state index contributed by atoms with van der Waals surface area (Å²) in [6.45, 7) is 5.21. The number of hydrogen-bond acceptors (Lipinski definition) is 2. The Bertz CT molecular complexity index is 543. The summed E-state index contributed by atoms with van der Waals surface area (Å²) in [7, 11) is 0. The maximum atomic E-state index is 10.8. The fourth-order valence-electron chi connectivity index (χ4n) is 2.08. The number of aryl methyl sites for hydroxylation is 2. The largest absolute Gasteiger partial charge is 0.335 e. The summed E-state index contributed by atoms with van der Waals surface area (Å²) in [5, 5.41) is 0. The van der Waals surface area contributed by atoms with Crippen molar-refractivity contribution in [1.29, 1.82) is 0 Å². The summed E-state index contributed by atoms with van der Waals surface area (Å²) in [6, 6.07) is 5.80. The van der Waals surface area contributed by atoms with E-state index in [0.29, 0.717) is 0 Å². The van der Waals surface area contributed by atoms with E-state index in [-0.39, 0.29) is 0 Å². The highest BCUT2D eigenvalue weighted by atomic mass is 16.1. The molecule has 18 heavy (non-hydrogen) atoms. The number of nitrogens with zero attached hydrogens (tertiary/aromatic N) is 2. The van der Waals surface area contributed by atoms with Gasteiger partial charge in [0.15, 0.2) is 0 Å². The minimum atomic E-state index is 0.726. The van der Waals surface area contributed by atoms with Gasteiger partial charge >= 0.3 is 0 Å². The van der Waals surface area contributed by atoms with Crippen molar-refractivity contribution in [2.24, 2.45) is 0 Å². The first-order chi connectivity index (χ1) is 8.74. The minimum absolute atomic E-state index is 0.726. The molecule has 0 saturated carbocycles. The number of rotatable bonds is 5. The highest BCUT2D eigenvalue weighted by Crippen LogP contribution is 2.15. The summed E-state index contributed by atoms with van der Waals surface area (Å²) in [5.74, 6) is 1.06. The van der Waals surface area contributed by atoms with E-state index in [9.17, 15) is 4.79 Å². The summed E-state index contributed by atoms with van der Waals surface area (Å²) in [6.07, 6.45) is 6.61. The molecule has 0 amide bonds. The van der Waals surface area contributed by atoms with Gasteiger partial charge in [-0.05, 0) is 30.5 Å². The molecule has 0 radical (unpaired) electrons. The fraction of sp³-hybridized carbons (Fsp3) is 0.333. The lowest BCUT2D eigenvalue weighted by molar-refractivity contribution is 0.112. The summed E-state index contributed by atoms with van der Waals surface area (Å²) >= 11 is 0. The van der Waals surface area contributed by atoms with Crippen LogP contribution in [0.4, 0.5) is 0 Å². The average Bonchev–Trinajstić information content (AvgIpc) is 2.80. The van der Waals surface area contributed by atoms with Gasteiger partial charge in [-0.25, -0.2) is 4.98 Å². The van der Waals surface area contributed by atoms with Crippen LogP contribution in [0.25, 0.3) is 0 Å². The molecule has 0 unspecified atom stereocenters. The molecule has 0 fully saturated rings. The van der Waals surface area contributed by atoms with E-state index in [1.165, 1.54) is 11.1 Å². The van der Waals surface area contributed by atoms with E-state index >= 15 is 0 Å². The molecule has 0 atom stereocenters. The van der Waals surface area contributed by atoms with Crippen LogP contribution in [0.2, 0.25) is 0 Å². The first kappa shape index (κ1) is 12.6. The highest BCUT2D eigenvalue weighted by Gasteiger charge is 2.06. The van der Waals surface area contributed by atoms with Gasteiger partial charge in [0.05, 0.1) is 0 Å². The van der Waals surface area contributed by atoms with Crippen molar-refractivity contribution in [2.45, 2.75) is 33.2 Å². The van der Waals surface area contributed by atoms with Gasteiger partial charge in [0.2, 0.25) is 0 Å². The molecule has 0 bridgehead atoms. The van der Waals surface area contributed by atoms with E-state index in [2.05, 4.69) is 23.4 Å². The van der Waals surface area contributed by atoms with Crippen molar-refractivity contribution in [3.05, 3.63) is 53.1 Å². The van der Waals surface area contributed by atoms with E-state index in [1.54, 1.807) is 0 Å². The standard InChI is InChI=1S/C15H18N2O/c1-3-7-17-8-6-16-15(17)10-14-9-13(11-18)5-4-12(14)2/h4-6,8-9,11H,3,7,10H2,1-2H3. The quantitative estimate of drug-likeness (QED) is 0.755. The zero-order valence-electron chi connectivity index (χ0n) is 10.9. The number of imidazole rings is 1. The summed E-state index contributed by atoms with van der Waals surface area (Å²) in [4.78, 5) is 15.2. The molecule has 1 aromatic heterocycles. The lowest BCUT2D eigenvalue weighted by atomic mass is 10.0. The SMILES string of the molecule is CCCn1ccnc1Cc1cc(C=O)ccc1C. The molecule has 2 rings (SSSR count). The summed E-state index contributed by atoms with van der Waals surface area (Å²) in [5.41, 5.74) is 3.10. The predicted molar refractivity (Wildman–Crippen MR) is 71.9 cm³/mol. The van der Waals surface area contributed by atoms with E-state index in [1.807, 2.05) is 30.6 Å². The number of aldehydes is 1. The van der Waals surface area contributed by atoms with Gasteiger partial charge in [0.25, 0.3) is 0 Å². The van der Waals surface area contributed by atoms with E-state index < -0.39 is 0 Å². The Balaban J connectivity index is 2.27. The molecule has 0 aliphatic rings. The molecule has 0 N–H and O–H groups in total. The Morgan fingerprint density at radius 3 is 2.94 bits per heavy atom. The van der Waals surface area contributed by atoms with Crippen molar-refractivity contribution in [1.82, 2.24) is 9.55 Å². The molecule has 0 saturated heterocycles. The molecule has 2 aromatic rings. The van der Waals surface area contributed by atoms with Crippen LogP contribution in [0, 0.1) is 6.92 Å². The van der Waals surface area contributed by atoms with Crippen LogP contribution in [0.3, 0.4) is 0 Å². The lowest BCUT2D eigenvalue weighted by Crippen LogP contribution is -2.04. The molecular formula is C15H18N2O. The number of carbonyl (C=O) groups is 1. The van der Waals surface area contributed by atoms with Crippen LogP contribution in [0.1, 0.15) is 40.7 Å². The minimum Gasteiger partial charge on any atom is -0.335 e. The Morgan fingerprint density at radius 2 is 2.22 bits per heavy atom. The maximum Gasteiger partial charge on any atom is 0.150 e. The molecular weight excluding hydrogens is 224 g/mol. The fourth-order valence-corrected chi connectivity index (χ4v) is 2.08. The number of aromatic nitrogens is 2. The van der Waals surface area contributed by atoms with Gasteiger partial charge in [0.1, 0.15) is 12.1 Å². The Kier molecular flexibility index (Phi) is 3.92. The second kappa shape index (κ2) is 5.63. The van der Waals surface area contributed by atoms with Gasteiger partial charge in [-0.15, -0.1) is 0 Å². The molecule has 94 valence electrons. The molecule has 0 aliphatic heterocycles. The van der Waals surface area contributed by atoms with Gasteiger partial charge in [-0.1, -0.05) is 19.1 Å². The second-order valence-corrected chi connectivity index (χ2v) is 4.52. The zero-order valence-corrected chi connectivity index (χ0v) is 10.9. The topological polar surface area (TPSA) is 34.9 Å². The van der Waals surface area contributed by atoms with Gasteiger partial charge in [-0.2, -0.15) is 0 Å². The van der Waals surface area contributed by atoms with E-state index in [4.69, 9.17) is 0 Å². The third-order valence-electron chi connectivity index (χ3n) is 3.12. The zero-order chi connectivity index (χ0) is 13.0. The smallest absolute Gasteiger partial charge is 0.150 e. The Morgan fingerprint density at radius 1 is 1.39 bits per heavy atom. The third-order valence-corrected chi connectivity index (χ3v) is 3.12. The third kappa shape index (κ3) is 2.67.